The van der Waals surface area contributed by atoms with E-state index >= 15 is 0 Å². The zero-order chi connectivity index (χ0) is 22.7. The average Bonchev–Trinajstić information content (AvgIpc) is 2.73. The Balaban J connectivity index is 2.12. The van der Waals surface area contributed by atoms with E-state index in [2.05, 4.69) is 26.5 Å². The minimum Gasteiger partial charge on any atom is -0.494 e. The second kappa shape index (κ2) is 8.61. The van der Waals surface area contributed by atoms with Crippen molar-refractivity contribution in [3.63, 3.8) is 0 Å². The SMILES string of the molecule is CNC(=O)C1=C(Nc2ccc(C)c(-c3cnc(C(=O)O)c(F)c3)c2OC)C=C(N)NN1. The summed E-state index contributed by atoms with van der Waals surface area (Å²) in [5.41, 5.74) is 13.1. The monoisotopic (exact) mass is 428 g/mol. The number of aromatic carboxylic acids is 1. The standard InChI is InChI=1S/C20H21FN6O4/c1-9-4-5-12(25-13-7-14(22)26-27-17(13)19(28)23-2)18(31-3)15(9)10-6-11(21)16(20(29)30)24-8-10/h4-8,25-27H,22H2,1-3H3,(H,23,28)(H,29,30). The molecule has 2 aromatic rings. The fraction of sp³-hybridized carbons (Fsp3) is 0.150. The van der Waals surface area contributed by atoms with Gasteiger partial charge in [0.2, 0.25) is 0 Å². The predicted octanol–water partition coefficient (Wildman–Crippen LogP) is 1.18. The van der Waals surface area contributed by atoms with Crippen LogP contribution in [0.15, 0.2) is 47.7 Å². The number of pyridine rings is 1. The Kier molecular flexibility index (Phi) is 5.95. The maximum Gasteiger partial charge on any atom is 0.357 e. The molecule has 1 aliphatic rings. The lowest BCUT2D eigenvalue weighted by atomic mass is 9.99. The van der Waals surface area contributed by atoms with Crippen molar-refractivity contribution in [2.75, 3.05) is 19.5 Å². The number of hydrogen-bond donors (Lipinski definition) is 6. The minimum absolute atomic E-state index is 0.194. The van der Waals surface area contributed by atoms with Crippen LogP contribution in [0.4, 0.5) is 10.1 Å². The van der Waals surface area contributed by atoms with E-state index in [4.69, 9.17) is 15.6 Å². The van der Waals surface area contributed by atoms with Crippen LogP contribution in [-0.2, 0) is 4.79 Å². The van der Waals surface area contributed by atoms with Crippen LogP contribution < -0.4 is 32.0 Å². The molecular weight excluding hydrogens is 407 g/mol. The van der Waals surface area contributed by atoms with Crippen LogP contribution in [0, 0.1) is 12.7 Å². The van der Waals surface area contributed by atoms with Gasteiger partial charge >= 0.3 is 5.97 Å². The molecule has 0 bridgehead atoms. The molecule has 0 atom stereocenters. The summed E-state index contributed by atoms with van der Waals surface area (Å²) in [4.78, 5) is 27.0. The van der Waals surface area contributed by atoms with Gasteiger partial charge in [0.1, 0.15) is 17.3 Å². The van der Waals surface area contributed by atoms with Crippen molar-refractivity contribution in [2.24, 2.45) is 5.73 Å². The number of methoxy groups -OCH3 is 1. The van der Waals surface area contributed by atoms with Crippen LogP contribution in [0.25, 0.3) is 11.1 Å². The summed E-state index contributed by atoms with van der Waals surface area (Å²) in [6.45, 7) is 1.80. The smallest absolute Gasteiger partial charge is 0.357 e. The quantitative estimate of drug-likeness (QED) is 0.398. The molecule has 1 aromatic carbocycles. The number of aryl methyl sites for hydroxylation is 1. The third kappa shape index (κ3) is 4.20. The second-order valence-corrected chi connectivity index (χ2v) is 6.54. The van der Waals surface area contributed by atoms with Crippen LogP contribution in [0.2, 0.25) is 0 Å². The first-order chi connectivity index (χ1) is 14.8. The van der Waals surface area contributed by atoms with Gasteiger partial charge in [-0.25, -0.2) is 14.2 Å². The number of allylic oxidation sites excluding steroid dienone is 1. The van der Waals surface area contributed by atoms with Crippen LogP contribution in [-0.4, -0.2) is 36.1 Å². The maximum absolute atomic E-state index is 14.3. The molecule has 2 heterocycles. The number of hydrogen-bond acceptors (Lipinski definition) is 8. The Morgan fingerprint density at radius 2 is 2.03 bits per heavy atom. The molecule has 1 aliphatic heterocycles. The van der Waals surface area contributed by atoms with E-state index in [1.54, 1.807) is 19.1 Å². The first kappa shape index (κ1) is 21.4. The van der Waals surface area contributed by atoms with Crippen molar-refractivity contribution in [2.45, 2.75) is 6.92 Å². The number of halogens is 1. The number of anilines is 1. The van der Waals surface area contributed by atoms with E-state index in [9.17, 15) is 14.0 Å². The number of likely N-dealkylation sites (N-methyl/N-ethyl adjacent to an activating group) is 1. The summed E-state index contributed by atoms with van der Waals surface area (Å²) in [5.74, 6) is -2.19. The first-order valence-corrected chi connectivity index (χ1v) is 9.06. The van der Waals surface area contributed by atoms with Crippen molar-refractivity contribution in [3.05, 3.63) is 64.8 Å². The number of nitrogens with two attached hydrogens (primary N) is 1. The summed E-state index contributed by atoms with van der Waals surface area (Å²) in [6.07, 6.45) is 2.79. The van der Waals surface area contributed by atoms with Gasteiger partial charge in [-0.2, -0.15) is 0 Å². The van der Waals surface area contributed by atoms with Gasteiger partial charge in [-0.1, -0.05) is 6.07 Å². The molecule has 10 nitrogen and oxygen atoms in total. The number of amides is 1. The van der Waals surface area contributed by atoms with E-state index in [0.717, 1.165) is 11.6 Å². The molecule has 162 valence electrons. The van der Waals surface area contributed by atoms with Crippen molar-refractivity contribution in [1.82, 2.24) is 21.2 Å². The van der Waals surface area contributed by atoms with Gasteiger partial charge in [0.15, 0.2) is 11.5 Å². The topological polar surface area (TPSA) is 151 Å². The van der Waals surface area contributed by atoms with Crippen LogP contribution in [0.3, 0.4) is 0 Å². The highest BCUT2D eigenvalue weighted by molar-refractivity contribution is 5.95. The minimum atomic E-state index is -1.46. The number of carboxylic acid groups (broad SMARTS) is 1. The van der Waals surface area contributed by atoms with Crippen molar-refractivity contribution < 1.29 is 23.8 Å². The number of benzene rings is 1. The molecule has 1 aromatic heterocycles. The molecule has 0 saturated heterocycles. The van der Waals surface area contributed by atoms with Gasteiger partial charge in [0.05, 0.1) is 18.5 Å². The number of carboxylic acids is 1. The van der Waals surface area contributed by atoms with Crippen molar-refractivity contribution >= 4 is 17.6 Å². The summed E-state index contributed by atoms with van der Waals surface area (Å²) in [7, 11) is 2.93. The Morgan fingerprint density at radius 3 is 2.65 bits per heavy atom. The van der Waals surface area contributed by atoms with Gasteiger partial charge in [-0.15, -0.1) is 0 Å². The number of hydrazine groups is 1. The van der Waals surface area contributed by atoms with E-state index in [0.29, 0.717) is 28.3 Å². The molecule has 0 unspecified atom stereocenters. The first-order valence-electron chi connectivity index (χ1n) is 9.06. The molecule has 0 fully saturated rings. The number of carbonyl (C=O) groups is 2. The lowest BCUT2D eigenvalue weighted by Gasteiger charge is -2.23. The molecule has 0 spiro atoms. The molecule has 7 N–H and O–H groups in total. The molecule has 31 heavy (non-hydrogen) atoms. The van der Waals surface area contributed by atoms with Gasteiger partial charge in [-0.3, -0.25) is 15.6 Å². The largest absolute Gasteiger partial charge is 0.494 e. The number of carbonyl (C=O) groups excluding carboxylic acids is 1. The molecule has 1 amide bonds. The third-order valence-electron chi connectivity index (χ3n) is 4.53. The number of nitrogens with zero attached hydrogens (tertiary/aromatic N) is 1. The summed E-state index contributed by atoms with van der Waals surface area (Å²) in [6, 6.07) is 4.59. The van der Waals surface area contributed by atoms with Gasteiger partial charge in [0, 0.05) is 30.4 Å². The van der Waals surface area contributed by atoms with Gasteiger partial charge in [-0.05, 0) is 24.6 Å². The highest BCUT2D eigenvalue weighted by Crippen LogP contribution is 2.40. The van der Waals surface area contributed by atoms with E-state index in [1.807, 2.05) is 0 Å². The normalized spacial score (nSPS) is 13.0. The Labute approximate surface area is 177 Å². The van der Waals surface area contributed by atoms with Crippen LogP contribution in [0.5, 0.6) is 5.75 Å². The fourth-order valence-corrected chi connectivity index (χ4v) is 3.10. The molecule has 11 heteroatoms. The second-order valence-electron chi connectivity index (χ2n) is 6.54. The number of aromatic nitrogens is 1. The van der Waals surface area contributed by atoms with Gasteiger partial charge in [0.25, 0.3) is 5.91 Å². The van der Waals surface area contributed by atoms with Crippen molar-refractivity contribution in [3.8, 4) is 16.9 Å². The highest BCUT2D eigenvalue weighted by Gasteiger charge is 2.22. The lowest BCUT2D eigenvalue weighted by Crippen LogP contribution is -2.43. The van der Waals surface area contributed by atoms with E-state index in [-0.39, 0.29) is 17.4 Å². The fourth-order valence-electron chi connectivity index (χ4n) is 3.10. The van der Waals surface area contributed by atoms with E-state index < -0.39 is 17.5 Å². The van der Waals surface area contributed by atoms with Crippen LogP contribution >= 0.6 is 0 Å². The van der Waals surface area contributed by atoms with Crippen molar-refractivity contribution in [1.29, 1.82) is 0 Å². The number of nitrogens with one attached hydrogen (secondary N) is 4. The summed E-state index contributed by atoms with van der Waals surface area (Å²) >= 11 is 0. The average molecular weight is 428 g/mol. The molecule has 0 aliphatic carbocycles. The zero-order valence-corrected chi connectivity index (χ0v) is 17.0. The Morgan fingerprint density at radius 1 is 1.29 bits per heavy atom. The molecule has 0 saturated carbocycles. The molecule has 0 radical (unpaired) electrons. The van der Waals surface area contributed by atoms with Crippen LogP contribution in [0.1, 0.15) is 16.1 Å². The summed E-state index contributed by atoms with van der Waals surface area (Å²) in [5, 5.41) is 14.6. The van der Waals surface area contributed by atoms with Gasteiger partial charge < -0.3 is 26.2 Å². The highest BCUT2D eigenvalue weighted by atomic mass is 19.1. The molecular formula is C20H21FN6O4. The zero-order valence-electron chi connectivity index (χ0n) is 17.0. The summed E-state index contributed by atoms with van der Waals surface area (Å²) < 4.78 is 19.8. The molecule has 3 rings (SSSR count). The Hall–Kier alpha value is -4.28. The maximum atomic E-state index is 14.3. The lowest BCUT2D eigenvalue weighted by molar-refractivity contribution is -0.117. The third-order valence-corrected chi connectivity index (χ3v) is 4.53. The number of rotatable bonds is 6. The number of ether oxygens (including phenoxy) is 1. The predicted molar refractivity (Wildman–Crippen MR) is 111 cm³/mol. The Bertz CT molecular complexity index is 1130. The van der Waals surface area contributed by atoms with E-state index in [1.165, 1.54) is 26.4 Å².